The van der Waals surface area contributed by atoms with Gasteiger partial charge in [0.15, 0.2) is 0 Å². The Hall–Kier alpha value is -1.69. The molecule has 21 heavy (non-hydrogen) atoms. The highest BCUT2D eigenvalue weighted by molar-refractivity contribution is 5.51. The van der Waals surface area contributed by atoms with Gasteiger partial charge < -0.3 is 10.2 Å². The first-order valence-corrected chi connectivity index (χ1v) is 7.78. The van der Waals surface area contributed by atoms with Crippen LogP contribution >= 0.6 is 0 Å². The normalized spacial score (nSPS) is 26.0. The number of aromatic nitrogens is 1. The minimum Gasteiger partial charge on any atom is -0.352 e. The zero-order valence-corrected chi connectivity index (χ0v) is 12.4. The molecule has 2 atom stereocenters. The number of anilines is 1. The highest BCUT2D eigenvalue weighted by Gasteiger charge is 2.33. The topological polar surface area (TPSA) is 71.3 Å². The number of nitrogens with one attached hydrogen (secondary N) is 1. The number of pyridine rings is 1. The molecule has 2 saturated heterocycles. The lowest BCUT2D eigenvalue weighted by molar-refractivity contribution is -0.385. The SMILES string of the molecule is Cc1cnc(N2CCCCC2C2CCCN2)cc1[N+](=O)[O-]. The lowest BCUT2D eigenvalue weighted by Crippen LogP contribution is -2.50. The lowest BCUT2D eigenvalue weighted by atomic mass is 9.94. The lowest BCUT2D eigenvalue weighted by Gasteiger charge is -2.40. The summed E-state index contributed by atoms with van der Waals surface area (Å²) in [5.41, 5.74) is 0.792. The van der Waals surface area contributed by atoms with Crippen LogP contribution in [0.4, 0.5) is 11.5 Å². The Kier molecular flexibility index (Phi) is 4.05. The fraction of sp³-hybridized carbons (Fsp3) is 0.667. The number of aryl methyl sites for hydroxylation is 1. The van der Waals surface area contributed by atoms with Gasteiger partial charge in [-0.1, -0.05) is 0 Å². The fourth-order valence-electron chi connectivity index (χ4n) is 3.56. The summed E-state index contributed by atoms with van der Waals surface area (Å²) in [5, 5.41) is 14.7. The Labute approximate surface area is 124 Å². The Morgan fingerprint density at radius 1 is 1.38 bits per heavy atom. The molecule has 1 N–H and O–H groups in total. The van der Waals surface area contributed by atoms with Crippen LogP contribution in [0, 0.1) is 17.0 Å². The van der Waals surface area contributed by atoms with Crippen molar-refractivity contribution in [2.24, 2.45) is 0 Å². The molecule has 0 aliphatic carbocycles. The Bertz CT molecular complexity index is 528. The number of nitro groups is 1. The van der Waals surface area contributed by atoms with Crippen molar-refractivity contribution in [3.63, 3.8) is 0 Å². The molecule has 0 amide bonds. The maximum Gasteiger partial charge on any atom is 0.277 e. The Balaban J connectivity index is 1.89. The van der Waals surface area contributed by atoms with E-state index in [1.165, 1.54) is 19.3 Å². The monoisotopic (exact) mass is 290 g/mol. The molecule has 0 spiro atoms. The van der Waals surface area contributed by atoms with E-state index in [1.807, 2.05) is 0 Å². The molecule has 2 unspecified atom stereocenters. The minimum absolute atomic E-state index is 0.170. The molecule has 0 radical (unpaired) electrons. The van der Waals surface area contributed by atoms with Gasteiger partial charge in [0.25, 0.3) is 5.69 Å². The van der Waals surface area contributed by atoms with Crippen LogP contribution in [0.15, 0.2) is 12.3 Å². The smallest absolute Gasteiger partial charge is 0.277 e. The third-order valence-corrected chi connectivity index (χ3v) is 4.66. The van der Waals surface area contributed by atoms with Gasteiger partial charge in [-0.05, 0) is 45.6 Å². The predicted octanol–water partition coefficient (Wildman–Crippen LogP) is 2.41. The number of hydrogen-bond acceptors (Lipinski definition) is 5. The molecule has 0 saturated carbocycles. The van der Waals surface area contributed by atoms with Crippen LogP contribution in [-0.2, 0) is 0 Å². The molecular weight excluding hydrogens is 268 g/mol. The van der Waals surface area contributed by atoms with E-state index in [9.17, 15) is 10.1 Å². The molecule has 1 aromatic rings. The molecular formula is C15H22N4O2. The zero-order chi connectivity index (χ0) is 14.8. The van der Waals surface area contributed by atoms with E-state index in [-0.39, 0.29) is 10.6 Å². The van der Waals surface area contributed by atoms with E-state index < -0.39 is 0 Å². The van der Waals surface area contributed by atoms with Crippen molar-refractivity contribution in [3.05, 3.63) is 27.9 Å². The Morgan fingerprint density at radius 3 is 2.95 bits per heavy atom. The molecule has 1 aromatic heterocycles. The van der Waals surface area contributed by atoms with Crippen molar-refractivity contribution in [2.45, 2.75) is 51.1 Å². The van der Waals surface area contributed by atoms with Crippen LogP contribution in [-0.4, -0.2) is 35.1 Å². The van der Waals surface area contributed by atoms with Gasteiger partial charge in [-0.3, -0.25) is 10.1 Å². The van der Waals surface area contributed by atoms with Gasteiger partial charge >= 0.3 is 0 Å². The summed E-state index contributed by atoms with van der Waals surface area (Å²) in [6.45, 7) is 3.76. The number of nitrogens with zero attached hydrogens (tertiary/aromatic N) is 3. The summed E-state index contributed by atoms with van der Waals surface area (Å²) in [6.07, 6.45) is 7.54. The zero-order valence-electron chi connectivity index (χ0n) is 12.4. The van der Waals surface area contributed by atoms with E-state index in [0.717, 1.165) is 31.7 Å². The molecule has 114 valence electrons. The average molecular weight is 290 g/mol. The summed E-state index contributed by atoms with van der Waals surface area (Å²) in [7, 11) is 0. The van der Waals surface area contributed by atoms with Crippen molar-refractivity contribution >= 4 is 11.5 Å². The summed E-state index contributed by atoms with van der Waals surface area (Å²) in [4.78, 5) is 17.6. The fourth-order valence-corrected chi connectivity index (χ4v) is 3.56. The van der Waals surface area contributed by atoms with Crippen molar-refractivity contribution in [1.82, 2.24) is 10.3 Å². The standard InChI is InChI=1S/C15H22N4O2/c1-11-10-17-15(9-14(11)19(20)21)18-8-3-2-6-13(18)12-5-4-7-16-12/h9-10,12-13,16H,2-8H2,1H3. The van der Waals surface area contributed by atoms with E-state index >= 15 is 0 Å². The van der Waals surface area contributed by atoms with Crippen molar-refractivity contribution in [1.29, 1.82) is 0 Å². The van der Waals surface area contributed by atoms with Gasteiger partial charge in [0.05, 0.1) is 11.0 Å². The highest BCUT2D eigenvalue weighted by atomic mass is 16.6. The second kappa shape index (κ2) is 5.97. The van der Waals surface area contributed by atoms with Gasteiger partial charge in [-0.15, -0.1) is 0 Å². The van der Waals surface area contributed by atoms with Crippen molar-refractivity contribution in [3.8, 4) is 0 Å². The van der Waals surface area contributed by atoms with E-state index in [2.05, 4.69) is 15.2 Å². The molecule has 2 fully saturated rings. The third kappa shape index (κ3) is 2.85. The van der Waals surface area contributed by atoms with Crippen molar-refractivity contribution < 1.29 is 4.92 Å². The summed E-state index contributed by atoms with van der Waals surface area (Å²) >= 11 is 0. The van der Waals surface area contributed by atoms with E-state index in [4.69, 9.17) is 0 Å². The van der Waals surface area contributed by atoms with Crippen LogP contribution < -0.4 is 10.2 Å². The number of rotatable bonds is 3. The molecule has 6 nitrogen and oxygen atoms in total. The van der Waals surface area contributed by atoms with Crippen LogP contribution in [0.25, 0.3) is 0 Å². The minimum atomic E-state index is -0.312. The average Bonchev–Trinajstić information content (AvgIpc) is 3.01. The van der Waals surface area contributed by atoms with Gasteiger partial charge in [-0.25, -0.2) is 4.98 Å². The largest absolute Gasteiger partial charge is 0.352 e. The summed E-state index contributed by atoms with van der Waals surface area (Å²) in [5.74, 6) is 0.755. The van der Waals surface area contributed by atoms with Gasteiger partial charge in [0.1, 0.15) is 5.82 Å². The van der Waals surface area contributed by atoms with E-state index in [0.29, 0.717) is 17.6 Å². The van der Waals surface area contributed by atoms with Gasteiger partial charge in [0, 0.05) is 30.4 Å². The molecule has 6 heteroatoms. The second-order valence-corrected chi connectivity index (χ2v) is 6.05. The van der Waals surface area contributed by atoms with Crippen LogP contribution in [0.5, 0.6) is 0 Å². The highest BCUT2D eigenvalue weighted by Crippen LogP contribution is 2.30. The maximum atomic E-state index is 11.1. The molecule has 2 aliphatic heterocycles. The molecule has 3 heterocycles. The second-order valence-electron chi connectivity index (χ2n) is 6.05. The predicted molar refractivity (Wildman–Crippen MR) is 81.6 cm³/mol. The quantitative estimate of drug-likeness (QED) is 0.683. The molecule has 3 rings (SSSR count). The van der Waals surface area contributed by atoms with E-state index in [1.54, 1.807) is 19.2 Å². The maximum absolute atomic E-state index is 11.1. The van der Waals surface area contributed by atoms with Crippen molar-refractivity contribution in [2.75, 3.05) is 18.0 Å². The van der Waals surface area contributed by atoms with Crippen LogP contribution in [0.3, 0.4) is 0 Å². The summed E-state index contributed by atoms with van der Waals surface area (Å²) in [6, 6.07) is 2.55. The molecule has 2 aliphatic rings. The molecule has 0 aromatic carbocycles. The first kappa shape index (κ1) is 14.3. The first-order valence-electron chi connectivity index (χ1n) is 7.78. The third-order valence-electron chi connectivity index (χ3n) is 4.66. The van der Waals surface area contributed by atoms with Crippen LogP contribution in [0.1, 0.15) is 37.7 Å². The summed E-state index contributed by atoms with van der Waals surface area (Å²) < 4.78 is 0. The van der Waals surface area contributed by atoms with Gasteiger partial charge in [0.2, 0.25) is 0 Å². The van der Waals surface area contributed by atoms with Crippen LogP contribution in [0.2, 0.25) is 0 Å². The Morgan fingerprint density at radius 2 is 2.24 bits per heavy atom. The molecule has 0 bridgehead atoms. The number of hydrogen-bond donors (Lipinski definition) is 1. The number of piperidine rings is 1. The van der Waals surface area contributed by atoms with Gasteiger partial charge in [-0.2, -0.15) is 0 Å². The first-order chi connectivity index (χ1) is 10.2.